The molecule has 1 aromatic heterocycles. The van der Waals surface area contributed by atoms with E-state index in [1.165, 1.54) is 76.5 Å². The smallest absolute Gasteiger partial charge is 0.410 e. The molecule has 1 fully saturated rings. The van der Waals surface area contributed by atoms with E-state index in [9.17, 15) is 52.8 Å². The van der Waals surface area contributed by atoms with Gasteiger partial charge >= 0.3 is 25.2 Å². The van der Waals surface area contributed by atoms with Gasteiger partial charge in [-0.2, -0.15) is 8.78 Å². The number of aryl methyl sites for hydroxylation is 2. The van der Waals surface area contributed by atoms with Gasteiger partial charge in [-0.1, -0.05) is 112 Å². The highest BCUT2D eigenvalue weighted by Gasteiger charge is 2.56. The van der Waals surface area contributed by atoms with Crippen LogP contribution in [-0.4, -0.2) is 144 Å². The summed E-state index contributed by atoms with van der Waals surface area (Å²) in [5, 5.41) is 22.2. The number of hydrogen-bond donors (Lipinski definition) is 6. The van der Waals surface area contributed by atoms with Crippen LogP contribution >= 0.6 is 18.9 Å². The fourth-order valence-electron chi connectivity index (χ4n) is 12.0. The second-order valence-corrected chi connectivity index (χ2v) is 32.4. The van der Waals surface area contributed by atoms with E-state index in [1.54, 1.807) is 44.5 Å². The number of nitrogens with zero attached hydrogens (tertiary/aromatic N) is 3. The van der Waals surface area contributed by atoms with Crippen molar-refractivity contribution in [2.45, 2.75) is 189 Å². The highest BCUT2D eigenvalue weighted by atomic mass is 32.1. The molecule has 3 aliphatic heterocycles. The van der Waals surface area contributed by atoms with Gasteiger partial charge in [0.2, 0.25) is 54.9 Å². The molecule has 0 radical (unpaired) electrons. The number of esters is 2. The number of alkyl halides is 2. The molecule has 4 aromatic carbocycles. The standard InChI is InChI=1S/C75H95F2N8O17PS/c1-44(50-24-27-54(28-25-50)75(76,77)103(96,101-42-99-70(94)73(7,8)9)102-43-100-71(95)74(10,11)12)34-61(88)81-57-29-26-51-14-13-15-53-35-59(85(63(51)53)68(57)92)67(91)82-56(30-31-60(78)87)46(3)98-39-49-18-16-47(17-19-49)32-33-97-40-62(89)83-65(72(4,5)6)69(93)84-38-55(86)36-58(84)66(90)79-37-48-20-22-52(23-21-48)64-45(2)80-41-104-64/h13-25,27-28,34,41,46,55-59,65,86H,26,29-33,35-40,42-43H2,1-12H3,(H2,78,87)(H,79,90)(H,81,88)(H,82,91)(H,83,89)/b44-34+/t46-,55-,56+,57+,58+,59+,65-/m1/s1. The van der Waals surface area contributed by atoms with Crippen LogP contribution in [0.1, 0.15) is 146 Å². The molecule has 4 heterocycles. The number of anilines is 1. The molecule has 0 bridgehead atoms. The summed E-state index contributed by atoms with van der Waals surface area (Å²) in [6.45, 7) is 17.4. The predicted octanol–water partition coefficient (Wildman–Crippen LogP) is 9.00. The number of benzene rings is 4. The highest BCUT2D eigenvalue weighted by Crippen LogP contribution is 2.67. The first kappa shape index (κ1) is 81.0. The molecule has 0 unspecified atom stereocenters. The lowest BCUT2D eigenvalue weighted by Crippen LogP contribution is -2.58. The largest absolute Gasteiger partial charge is 0.438 e. The van der Waals surface area contributed by atoms with E-state index in [1.807, 2.05) is 73.7 Å². The number of nitrogens with two attached hydrogens (primary N) is 1. The number of carbonyl (C=O) groups excluding carboxylic acids is 9. The number of aliphatic hydroxyl groups excluding tert-OH is 1. The van der Waals surface area contributed by atoms with E-state index in [0.29, 0.717) is 18.5 Å². The topological polar surface area (TPSA) is 340 Å². The van der Waals surface area contributed by atoms with Crippen molar-refractivity contribution in [1.82, 2.24) is 31.2 Å². The molecule has 1 saturated heterocycles. The second-order valence-electron chi connectivity index (χ2n) is 29.5. The number of nitrogens with one attached hydrogen (secondary N) is 4. The van der Waals surface area contributed by atoms with Crippen molar-refractivity contribution < 1.29 is 89.6 Å². The van der Waals surface area contributed by atoms with Gasteiger partial charge in [0.05, 0.1) is 64.1 Å². The van der Waals surface area contributed by atoms with Gasteiger partial charge in [-0.3, -0.25) is 61.7 Å². The Labute approximate surface area is 608 Å². The van der Waals surface area contributed by atoms with Crippen molar-refractivity contribution in [3.8, 4) is 10.4 Å². The Morgan fingerprint density at radius 3 is 2.02 bits per heavy atom. The van der Waals surface area contributed by atoms with Crippen LogP contribution in [0.3, 0.4) is 0 Å². The van der Waals surface area contributed by atoms with Crippen LogP contribution in [0.25, 0.3) is 16.0 Å². The van der Waals surface area contributed by atoms with Crippen molar-refractivity contribution in [2.75, 3.05) is 38.2 Å². The van der Waals surface area contributed by atoms with Crippen LogP contribution in [-0.2, 0) is 114 Å². The van der Waals surface area contributed by atoms with E-state index < -0.39 is 144 Å². The fraction of sp³-hybridized carbons (Fsp3) is 0.493. The summed E-state index contributed by atoms with van der Waals surface area (Å²) in [5.41, 5.74) is 6.35. The van der Waals surface area contributed by atoms with Gasteiger partial charge < -0.3 is 56.0 Å². The summed E-state index contributed by atoms with van der Waals surface area (Å²) in [7, 11) is -5.62. The Morgan fingerprint density at radius 1 is 0.808 bits per heavy atom. The molecule has 0 saturated carbocycles. The third-order valence-corrected chi connectivity index (χ3v) is 20.9. The first-order valence-electron chi connectivity index (χ1n) is 34.4. The lowest BCUT2D eigenvalue weighted by molar-refractivity contribution is -0.163. The van der Waals surface area contributed by atoms with Crippen molar-refractivity contribution >= 4 is 83.5 Å². The van der Waals surface area contributed by atoms with Crippen molar-refractivity contribution in [1.29, 1.82) is 0 Å². The third-order valence-electron chi connectivity index (χ3n) is 18.1. The van der Waals surface area contributed by atoms with Gasteiger partial charge in [0.25, 0.3) is 0 Å². The summed E-state index contributed by atoms with van der Waals surface area (Å²) in [6, 6.07) is 20.1. The summed E-state index contributed by atoms with van der Waals surface area (Å²) < 4.78 is 78.4. The molecule has 0 aliphatic carbocycles. The number of primary amides is 1. The maximum atomic E-state index is 16.3. The Kier molecular flexibility index (Phi) is 26.9. The number of halogens is 2. The first-order valence-corrected chi connectivity index (χ1v) is 36.8. The van der Waals surface area contributed by atoms with Gasteiger partial charge in [-0.05, 0) is 138 Å². The van der Waals surface area contributed by atoms with Crippen molar-refractivity contribution in [3.05, 3.63) is 147 Å². The number of thiazole rings is 1. The van der Waals surface area contributed by atoms with Crippen LogP contribution in [0.5, 0.6) is 0 Å². The number of aliphatic hydroxyl groups is 1. The number of allylic oxidation sites excluding steroid dienone is 1. The summed E-state index contributed by atoms with van der Waals surface area (Å²) >= 11 is 1.55. The number of hydrogen-bond acceptors (Lipinski definition) is 19. The molecule has 7 atom stereocenters. The maximum Gasteiger partial charge on any atom is 0.410 e. The molecule has 29 heteroatoms. The second kappa shape index (κ2) is 34.5. The molecule has 562 valence electrons. The molecular weight excluding hydrogens is 1390 g/mol. The number of likely N-dealkylation sites (tertiary alicyclic amines) is 1. The number of rotatable bonds is 31. The molecule has 3 aliphatic rings. The lowest BCUT2D eigenvalue weighted by Gasteiger charge is -2.35. The van der Waals surface area contributed by atoms with Crippen LogP contribution in [0.15, 0.2) is 103 Å². The number of aromatic nitrogens is 1. The van der Waals surface area contributed by atoms with Crippen molar-refractivity contribution in [2.24, 2.45) is 22.0 Å². The number of ether oxygens (including phenoxy) is 4. The average molecular weight is 1480 g/mol. The SMILES string of the molecule is C/C(=C\C(=O)N[C@H]1CCc2cccc3c2N(C1=O)[C@H](C(=O)N[C@@H](CCC(N)=O)[C@@H](C)OCc1ccc(CCOCC(=O)N[C@H](C(=O)N2C[C@H](O)C[C@H]2C(=O)NCc2ccc(-c4scnc4C)cc2)C(C)(C)C)cc1)C3)c1ccc(C(F)(F)P(=O)(OCOC(=O)C(C)(C)C)OCOC(=O)C(C)(C)C)cc1. The quantitative estimate of drug-likeness (QED) is 0.00792. The Bertz CT molecular complexity index is 3980. The van der Waals surface area contributed by atoms with Crippen LogP contribution in [0.2, 0.25) is 0 Å². The molecule has 8 rings (SSSR count). The average Bonchev–Trinajstić information content (AvgIpc) is 1.63. The molecule has 7 amide bonds. The van der Waals surface area contributed by atoms with Crippen LogP contribution in [0, 0.1) is 23.2 Å². The van der Waals surface area contributed by atoms with Crippen LogP contribution in [0.4, 0.5) is 14.5 Å². The minimum Gasteiger partial charge on any atom is -0.438 e. The number of β-amino-alcohol motifs (C(OH)–C–C–N with tert-alkyl or cyclic N) is 1. The normalized spacial score (nSPS) is 18.0. The highest BCUT2D eigenvalue weighted by molar-refractivity contribution is 7.54. The third kappa shape index (κ3) is 20.9. The fourth-order valence-corrected chi connectivity index (χ4v) is 14.0. The zero-order valence-electron chi connectivity index (χ0n) is 60.8. The molecule has 7 N–H and O–H groups in total. The van der Waals surface area contributed by atoms with Crippen molar-refractivity contribution in [3.63, 3.8) is 0 Å². The van der Waals surface area contributed by atoms with Crippen LogP contribution < -0.4 is 31.9 Å². The molecule has 104 heavy (non-hydrogen) atoms. The van der Waals surface area contributed by atoms with E-state index in [2.05, 4.69) is 26.3 Å². The van der Waals surface area contributed by atoms with E-state index >= 15 is 8.78 Å². The van der Waals surface area contributed by atoms with Gasteiger partial charge in [0.15, 0.2) is 0 Å². The first-order chi connectivity index (χ1) is 48.8. The zero-order valence-corrected chi connectivity index (χ0v) is 62.5. The number of amides is 7. The van der Waals surface area contributed by atoms with Gasteiger partial charge in [0.1, 0.15) is 30.8 Å². The maximum absolute atomic E-state index is 16.3. The lowest BCUT2D eigenvalue weighted by atomic mass is 9.85. The minimum atomic E-state index is -5.62. The van der Waals surface area contributed by atoms with E-state index in [-0.39, 0.29) is 76.2 Å². The summed E-state index contributed by atoms with van der Waals surface area (Å²) in [4.78, 5) is 129. The Morgan fingerprint density at radius 2 is 1.42 bits per heavy atom. The zero-order chi connectivity index (χ0) is 76.2. The monoisotopic (exact) mass is 1480 g/mol. The molecule has 5 aromatic rings. The molecular formula is C75H95F2N8O17PS. The Hall–Kier alpha value is -8.63. The molecule has 25 nitrogen and oxygen atoms in total. The Balaban J connectivity index is 0.827. The predicted molar refractivity (Wildman–Crippen MR) is 383 cm³/mol. The van der Waals surface area contributed by atoms with Gasteiger partial charge in [-0.25, -0.2) is 4.98 Å². The number of carbonyl (C=O) groups is 9. The number of para-hydroxylation sites is 1. The molecule has 0 spiro atoms. The van der Waals surface area contributed by atoms with E-state index in [0.717, 1.165) is 56.1 Å². The minimum absolute atomic E-state index is 0.0444. The summed E-state index contributed by atoms with van der Waals surface area (Å²) in [6.07, 6.45) is 0.697. The van der Waals surface area contributed by atoms with Gasteiger partial charge in [0, 0.05) is 44.0 Å². The van der Waals surface area contributed by atoms with Gasteiger partial charge in [-0.15, -0.1) is 11.3 Å². The summed E-state index contributed by atoms with van der Waals surface area (Å²) in [5.74, 6) is -5.54. The van der Waals surface area contributed by atoms with E-state index in [4.69, 9.17) is 33.7 Å².